The van der Waals surface area contributed by atoms with Crippen molar-refractivity contribution < 1.29 is 18.8 Å². The van der Waals surface area contributed by atoms with Crippen LogP contribution < -0.4 is 0 Å². The maximum atomic E-state index is 12.4. The molecule has 1 atom stereocenters. The standard InChI is InChI=1S/C19H23N3O4/c1-24-12-16(23)22-11-15(19(13-22)7-9-25-10-8-19)18-20-17(21-26-18)14-5-3-2-4-6-14/h2-6,15H,7-13H2,1H3/t15-/m0/s1. The van der Waals surface area contributed by atoms with Gasteiger partial charge in [-0.2, -0.15) is 4.98 Å². The molecule has 1 amide bonds. The highest BCUT2D eigenvalue weighted by molar-refractivity contribution is 5.78. The summed E-state index contributed by atoms with van der Waals surface area (Å²) >= 11 is 0. The van der Waals surface area contributed by atoms with E-state index in [1.807, 2.05) is 35.2 Å². The summed E-state index contributed by atoms with van der Waals surface area (Å²) in [6, 6.07) is 9.78. The number of carbonyl (C=O) groups excluding carboxylic acids is 1. The molecular formula is C19H23N3O4. The first-order chi connectivity index (χ1) is 12.7. The second kappa shape index (κ2) is 7.17. The number of likely N-dealkylation sites (tertiary alicyclic amines) is 1. The van der Waals surface area contributed by atoms with Crippen molar-refractivity contribution in [2.24, 2.45) is 5.41 Å². The summed E-state index contributed by atoms with van der Waals surface area (Å²) in [6.07, 6.45) is 1.77. The van der Waals surface area contributed by atoms with Gasteiger partial charge in [0.2, 0.25) is 17.6 Å². The Morgan fingerprint density at radius 1 is 1.31 bits per heavy atom. The van der Waals surface area contributed by atoms with Gasteiger partial charge in [0.25, 0.3) is 0 Å². The molecule has 138 valence electrons. The van der Waals surface area contributed by atoms with Gasteiger partial charge in [-0.05, 0) is 12.8 Å². The van der Waals surface area contributed by atoms with E-state index in [1.54, 1.807) is 7.11 Å². The number of amides is 1. The van der Waals surface area contributed by atoms with Crippen LogP contribution >= 0.6 is 0 Å². The van der Waals surface area contributed by atoms with Crippen molar-refractivity contribution in [2.45, 2.75) is 18.8 Å². The second-order valence-corrected chi connectivity index (χ2v) is 7.06. The lowest BCUT2D eigenvalue weighted by Crippen LogP contribution is -2.38. The van der Waals surface area contributed by atoms with Crippen LogP contribution in [-0.2, 0) is 14.3 Å². The number of benzene rings is 1. The molecule has 0 saturated carbocycles. The monoisotopic (exact) mass is 357 g/mol. The van der Waals surface area contributed by atoms with Crippen molar-refractivity contribution in [3.63, 3.8) is 0 Å². The van der Waals surface area contributed by atoms with Crippen molar-refractivity contribution in [3.8, 4) is 11.4 Å². The maximum Gasteiger partial charge on any atom is 0.248 e. The van der Waals surface area contributed by atoms with Gasteiger partial charge in [0.1, 0.15) is 6.61 Å². The van der Waals surface area contributed by atoms with Gasteiger partial charge in [0, 0.05) is 44.4 Å². The molecule has 0 aliphatic carbocycles. The van der Waals surface area contributed by atoms with Gasteiger partial charge in [0.15, 0.2) is 0 Å². The van der Waals surface area contributed by atoms with Gasteiger partial charge in [-0.1, -0.05) is 35.5 Å². The third-order valence-corrected chi connectivity index (χ3v) is 5.53. The van der Waals surface area contributed by atoms with Crippen LogP contribution in [-0.4, -0.2) is 61.0 Å². The fourth-order valence-electron chi connectivity index (χ4n) is 4.08. The number of rotatable bonds is 4. The Kier molecular flexibility index (Phi) is 4.74. The molecule has 2 aromatic rings. The van der Waals surface area contributed by atoms with Crippen molar-refractivity contribution in [1.82, 2.24) is 15.0 Å². The Morgan fingerprint density at radius 3 is 2.81 bits per heavy atom. The highest BCUT2D eigenvalue weighted by Crippen LogP contribution is 2.49. The zero-order chi connectivity index (χ0) is 18.0. The molecule has 1 aromatic heterocycles. The molecule has 7 nitrogen and oxygen atoms in total. The molecule has 2 fully saturated rings. The van der Waals surface area contributed by atoms with E-state index in [4.69, 9.17) is 14.0 Å². The Bertz CT molecular complexity index is 755. The Hall–Kier alpha value is -2.25. The van der Waals surface area contributed by atoms with Gasteiger partial charge >= 0.3 is 0 Å². The SMILES string of the molecule is COCC(=O)N1C[C@@H](c2nc(-c3ccccc3)no2)C2(CCOCC2)C1. The van der Waals surface area contributed by atoms with Gasteiger partial charge < -0.3 is 18.9 Å². The third kappa shape index (κ3) is 3.12. The molecule has 4 rings (SSSR count). The van der Waals surface area contributed by atoms with Crippen LogP contribution in [0.5, 0.6) is 0 Å². The van der Waals surface area contributed by atoms with Crippen LogP contribution in [0.25, 0.3) is 11.4 Å². The maximum absolute atomic E-state index is 12.4. The summed E-state index contributed by atoms with van der Waals surface area (Å²) in [4.78, 5) is 18.9. The number of ether oxygens (including phenoxy) is 2. The molecule has 26 heavy (non-hydrogen) atoms. The fourth-order valence-corrected chi connectivity index (χ4v) is 4.08. The number of carbonyl (C=O) groups is 1. The van der Waals surface area contributed by atoms with Crippen molar-refractivity contribution >= 4 is 5.91 Å². The minimum absolute atomic E-state index is 0.00339. The largest absolute Gasteiger partial charge is 0.381 e. The van der Waals surface area contributed by atoms with Crippen molar-refractivity contribution in [1.29, 1.82) is 0 Å². The predicted octanol–water partition coefficient (Wildman–Crippen LogP) is 2.11. The average Bonchev–Trinajstić information content (AvgIpc) is 3.29. The number of methoxy groups -OCH3 is 1. The number of nitrogens with zero attached hydrogens (tertiary/aromatic N) is 3. The summed E-state index contributed by atoms with van der Waals surface area (Å²) in [5, 5.41) is 4.17. The van der Waals surface area contributed by atoms with E-state index >= 15 is 0 Å². The van der Waals surface area contributed by atoms with Gasteiger partial charge in [-0.15, -0.1) is 0 Å². The first-order valence-electron chi connectivity index (χ1n) is 8.95. The molecule has 1 aromatic carbocycles. The van der Waals surface area contributed by atoms with Crippen LogP contribution in [0.1, 0.15) is 24.7 Å². The summed E-state index contributed by atoms with van der Waals surface area (Å²) in [7, 11) is 1.54. The van der Waals surface area contributed by atoms with E-state index in [0.29, 0.717) is 38.0 Å². The van der Waals surface area contributed by atoms with E-state index in [1.165, 1.54) is 0 Å². The lowest BCUT2D eigenvalue weighted by Gasteiger charge is -2.36. The first-order valence-corrected chi connectivity index (χ1v) is 8.95. The Morgan fingerprint density at radius 2 is 2.08 bits per heavy atom. The van der Waals surface area contributed by atoms with Crippen molar-refractivity contribution in [2.75, 3.05) is 40.0 Å². The van der Waals surface area contributed by atoms with Crippen LogP contribution in [0.2, 0.25) is 0 Å². The molecule has 7 heteroatoms. The molecule has 0 N–H and O–H groups in total. The summed E-state index contributed by atoms with van der Waals surface area (Å²) < 4.78 is 16.2. The number of aromatic nitrogens is 2. The van der Waals surface area contributed by atoms with E-state index in [9.17, 15) is 4.79 Å². The van der Waals surface area contributed by atoms with Gasteiger partial charge in [-0.25, -0.2) is 0 Å². The molecule has 2 saturated heterocycles. The van der Waals surface area contributed by atoms with Gasteiger partial charge in [-0.3, -0.25) is 4.79 Å². The molecular weight excluding hydrogens is 334 g/mol. The quantitative estimate of drug-likeness (QED) is 0.834. The summed E-state index contributed by atoms with van der Waals surface area (Å²) in [5.74, 6) is 1.23. The van der Waals surface area contributed by atoms with Crippen LogP contribution in [0.3, 0.4) is 0 Å². The topological polar surface area (TPSA) is 77.7 Å². The summed E-state index contributed by atoms with van der Waals surface area (Å²) in [5.41, 5.74) is 0.858. The summed E-state index contributed by atoms with van der Waals surface area (Å²) in [6.45, 7) is 2.76. The van der Waals surface area contributed by atoms with E-state index in [2.05, 4.69) is 10.1 Å². The fraction of sp³-hybridized carbons (Fsp3) is 0.526. The zero-order valence-electron chi connectivity index (χ0n) is 14.9. The average molecular weight is 357 g/mol. The molecule has 0 unspecified atom stereocenters. The molecule has 3 heterocycles. The Balaban J connectivity index is 1.62. The van der Waals surface area contributed by atoms with Crippen LogP contribution in [0.15, 0.2) is 34.9 Å². The Labute approximate surface area is 152 Å². The molecule has 1 spiro atoms. The van der Waals surface area contributed by atoms with E-state index < -0.39 is 0 Å². The van der Waals surface area contributed by atoms with Crippen LogP contribution in [0.4, 0.5) is 0 Å². The minimum Gasteiger partial charge on any atom is -0.381 e. The number of hydrogen-bond donors (Lipinski definition) is 0. The minimum atomic E-state index is -0.0673. The lowest BCUT2D eigenvalue weighted by molar-refractivity contribution is -0.134. The first kappa shape index (κ1) is 17.2. The molecule has 2 aliphatic rings. The molecule has 2 aliphatic heterocycles. The third-order valence-electron chi connectivity index (χ3n) is 5.53. The second-order valence-electron chi connectivity index (χ2n) is 7.06. The zero-order valence-corrected chi connectivity index (χ0v) is 14.9. The lowest BCUT2D eigenvalue weighted by atomic mass is 9.72. The molecule has 0 radical (unpaired) electrons. The van der Waals surface area contributed by atoms with E-state index in [-0.39, 0.29) is 23.8 Å². The van der Waals surface area contributed by atoms with Crippen molar-refractivity contribution in [3.05, 3.63) is 36.2 Å². The highest BCUT2D eigenvalue weighted by atomic mass is 16.5. The van der Waals surface area contributed by atoms with Gasteiger partial charge in [0.05, 0.1) is 5.92 Å². The van der Waals surface area contributed by atoms with E-state index in [0.717, 1.165) is 18.4 Å². The normalized spacial score (nSPS) is 22.0. The smallest absolute Gasteiger partial charge is 0.248 e. The predicted molar refractivity (Wildman–Crippen MR) is 93.4 cm³/mol. The number of hydrogen-bond acceptors (Lipinski definition) is 6. The van der Waals surface area contributed by atoms with Crippen LogP contribution in [0, 0.1) is 5.41 Å². The molecule has 0 bridgehead atoms. The highest BCUT2D eigenvalue weighted by Gasteiger charge is 2.51.